The van der Waals surface area contributed by atoms with Gasteiger partial charge in [-0.2, -0.15) is 0 Å². The molecule has 27 heavy (non-hydrogen) atoms. The fraction of sp³-hybridized carbons (Fsp3) is 0.409. The predicted molar refractivity (Wildman–Crippen MR) is 107 cm³/mol. The number of hydrogen-bond acceptors (Lipinski definition) is 3. The Balaban J connectivity index is 1.34. The highest BCUT2D eigenvalue weighted by Gasteiger charge is 2.30. The van der Waals surface area contributed by atoms with Crippen molar-refractivity contribution in [2.45, 2.75) is 19.4 Å². The Labute approximate surface area is 165 Å². The fourth-order valence-electron chi connectivity index (χ4n) is 3.94. The van der Waals surface area contributed by atoms with Gasteiger partial charge in [-0.05, 0) is 42.2 Å². The van der Waals surface area contributed by atoms with E-state index in [-0.39, 0.29) is 11.8 Å². The molecule has 2 aliphatic heterocycles. The van der Waals surface area contributed by atoms with Crippen molar-refractivity contribution in [1.82, 2.24) is 9.80 Å². The van der Waals surface area contributed by atoms with Crippen LogP contribution in [-0.2, 0) is 17.8 Å². The quantitative estimate of drug-likeness (QED) is 0.810. The minimum absolute atomic E-state index is 0.0669. The molecule has 5 heteroatoms. The summed E-state index contributed by atoms with van der Waals surface area (Å²) in [6, 6.07) is 16.1. The molecule has 0 aliphatic carbocycles. The fourth-order valence-corrected chi connectivity index (χ4v) is 4.07. The standard InChI is InChI=1S/C22H25ClN2O2/c23-20-8-6-17(7-9-20)15-24-10-3-11-25(13-12-24)22(26)19-14-18-4-1-2-5-21(18)27-16-19/h1-2,4-9,19H,3,10-16H2/t19-/m0/s1. The molecule has 4 rings (SSSR count). The van der Waals surface area contributed by atoms with Crippen molar-refractivity contribution in [3.05, 3.63) is 64.7 Å². The van der Waals surface area contributed by atoms with E-state index < -0.39 is 0 Å². The third kappa shape index (κ3) is 4.45. The van der Waals surface area contributed by atoms with Gasteiger partial charge >= 0.3 is 0 Å². The highest BCUT2D eigenvalue weighted by Crippen LogP contribution is 2.28. The molecule has 0 bridgehead atoms. The number of para-hydroxylation sites is 1. The lowest BCUT2D eigenvalue weighted by Crippen LogP contribution is -2.42. The van der Waals surface area contributed by atoms with E-state index >= 15 is 0 Å². The second kappa shape index (κ2) is 8.32. The third-order valence-corrected chi connectivity index (χ3v) is 5.70. The van der Waals surface area contributed by atoms with Gasteiger partial charge < -0.3 is 9.64 Å². The van der Waals surface area contributed by atoms with Crippen LogP contribution in [0.3, 0.4) is 0 Å². The van der Waals surface area contributed by atoms with Gasteiger partial charge in [0.25, 0.3) is 0 Å². The molecule has 1 atom stereocenters. The van der Waals surface area contributed by atoms with Gasteiger partial charge in [0.15, 0.2) is 0 Å². The third-order valence-electron chi connectivity index (χ3n) is 5.45. The second-order valence-electron chi connectivity index (χ2n) is 7.40. The molecule has 4 nitrogen and oxygen atoms in total. The van der Waals surface area contributed by atoms with Gasteiger partial charge in [0.2, 0.25) is 5.91 Å². The van der Waals surface area contributed by atoms with Crippen LogP contribution in [0.5, 0.6) is 5.75 Å². The van der Waals surface area contributed by atoms with Crippen molar-refractivity contribution in [1.29, 1.82) is 0 Å². The molecule has 0 N–H and O–H groups in total. The normalized spacial score (nSPS) is 20.5. The van der Waals surface area contributed by atoms with E-state index in [2.05, 4.69) is 23.1 Å². The first kappa shape index (κ1) is 18.3. The van der Waals surface area contributed by atoms with E-state index in [0.717, 1.165) is 61.9 Å². The van der Waals surface area contributed by atoms with Crippen molar-refractivity contribution < 1.29 is 9.53 Å². The average molecular weight is 385 g/mol. The number of rotatable bonds is 3. The smallest absolute Gasteiger partial charge is 0.229 e. The van der Waals surface area contributed by atoms with Crippen molar-refractivity contribution in [3.8, 4) is 5.75 Å². The van der Waals surface area contributed by atoms with Crippen LogP contribution in [0.15, 0.2) is 48.5 Å². The molecule has 1 fully saturated rings. The van der Waals surface area contributed by atoms with E-state index in [1.807, 2.05) is 35.2 Å². The Kier molecular flexibility index (Phi) is 5.65. The number of benzene rings is 2. The summed E-state index contributed by atoms with van der Waals surface area (Å²) in [6.07, 6.45) is 1.78. The molecule has 0 unspecified atom stereocenters. The Bertz CT molecular complexity index is 793. The van der Waals surface area contributed by atoms with E-state index in [1.54, 1.807) is 0 Å². The zero-order chi connectivity index (χ0) is 18.6. The van der Waals surface area contributed by atoms with Crippen LogP contribution < -0.4 is 4.74 Å². The first-order valence-corrected chi connectivity index (χ1v) is 10.0. The van der Waals surface area contributed by atoms with Crippen LogP contribution in [0, 0.1) is 5.92 Å². The Morgan fingerprint density at radius 3 is 2.70 bits per heavy atom. The first-order chi connectivity index (χ1) is 13.2. The van der Waals surface area contributed by atoms with Crippen LogP contribution in [-0.4, -0.2) is 48.5 Å². The number of nitrogens with zero attached hydrogens (tertiary/aromatic N) is 2. The number of carbonyl (C=O) groups is 1. The van der Waals surface area contributed by atoms with Crippen LogP contribution in [0.2, 0.25) is 5.02 Å². The summed E-state index contributed by atoms with van der Waals surface area (Å²) >= 11 is 5.97. The van der Waals surface area contributed by atoms with Gasteiger partial charge in [-0.25, -0.2) is 0 Å². The number of carbonyl (C=O) groups excluding carboxylic acids is 1. The van der Waals surface area contributed by atoms with Crippen LogP contribution in [0.4, 0.5) is 0 Å². The molecule has 0 saturated carbocycles. The van der Waals surface area contributed by atoms with Crippen LogP contribution in [0.25, 0.3) is 0 Å². The maximum absolute atomic E-state index is 13.0. The van der Waals surface area contributed by atoms with Gasteiger partial charge in [0, 0.05) is 37.7 Å². The van der Waals surface area contributed by atoms with E-state index in [4.69, 9.17) is 16.3 Å². The number of hydrogen-bond donors (Lipinski definition) is 0. The van der Waals surface area contributed by atoms with Gasteiger partial charge in [-0.3, -0.25) is 9.69 Å². The highest BCUT2D eigenvalue weighted by atomic mass is 35.5. The molecule has 142 valence electrons. The number of fused-ring (bicyclic) bond motifs is 1. The lowest BCUT2D eigenvalue weighted by atomic mass is 9.95. The lowest BCUT2D eigenvalue weighted by Gasteiger charge is -2.29. The summed E-state index contributed by atoms with van der Waals surface area (Å²) in [6.45, 7) is 4.91. The SMILES string of the molecule is O=C([C@@H]1COc2ccccc2C1)N1CCCN(Cc2ccc(Cl)cc2)CC1. The van der Waals surface area contributed by atoms with Gasteiger partial charge in [-0.15, -0.1) is 0 Å². The van der Waals surface area contributed by atoms with Gasteiger partial charge in [0.05, 0.1) is 5.92 Å². The maximum Gasteiger partial charge on any atom is 0.229 e. The second-order valence-corrected chi connectivity index (χ2v) is 7.84. The molecule has 0 aromatic heterocycles. The Hall–Kier alpha value is -2.04. The molecule has 1 amide bonds. The monoisotopic (exact) mass is 384 g/mol. The number of amides is 1. The van der Waals surface area contributed by atoms with E-state index in [1.165, 1.54) is 5.56 Å². The average Bonchev–Trinajstić information content (AvgIpc) is 2.94. The number of ether oxygens (including phenoxy) is 1. The topological polar surface area (TPSA) is 32.8 Å². The van der Waals surface area contributed by atoms with Crippen LogP contribution in [0.1, 0.15) is 17.5 Å². The molecule has 2 aliphatic rings. The van der Waals surface area contributed by atoms with Crippen molar-refractivity contribution >= 4 is 17.5 Å². The summed E-state index contributed by atoms with van der Waals surface area (Å²) in [5.74, 6) is 1.09. The van der Waals surface area contributed by atoms with Crippen molar-refractivity contribution in [2.24, 2.45) is 5.92 Å². The Morgan fingerprint density at radius 1 is 1.04 bits per heavy atom. The summed E-state index contributed by atoms with van der Waals surface area (Å²) in [5.41, 5.74) is 2.40. The molecule has 2 heterocycles. The molecule has 0 spiro atoms. The van der Waals surface area contributed by atoms with Crippen LogP contribution >= 0.6 is 11.6 Å². The highest BCUT2D eigenvalue weighted by molar-refractivity contribution is 6.30. The summed E-state index contributed by atoms with van der Waals surface area (Å²) < 4.78 is 5.82. The summed E-state index contributed by atoms with van der Waals surface area (Å²) in [5, 5.41) is 0.766. The predicted octanol–water partition coefficient (Wildman–Crippen LogP) is 3.63. The molecule has 2 aromatic rings. The molecule has 0 radical (unpaired) electrons. The zero-order valence-corrected chi connectivity index (χ0v) is 16.2. The minimum atomic E-state index is -0.0669. The number of halogens is 1. The zero-order valence-electron chi connectivity index (χ0n) is 15.4. The maximum atomic E-state index is 13.0. The first-order valence-electron chi connectivity index (χ1n) is 9.65. The summed E-state index contributed by atoms with van der Waals surface area (Å²) in [7, 11) is 0. The van der Waals surface area contributed by atoms with Crippen molar-refractivity contribution in [3.63, 3.8) is 0 Å². The van der Waals surface area contributed by atoms with Gasteiger partial charge in [-0.1, -0.05) is 41.9 Å². The molecular weight excluding hydrogens is 360 g/mol. The molecular formula is C22H25ClN2O2. The lowest BCUT2D eigenvalue weighted by molar-refractivity contribution is -0.136. The van der Waals surface area contributed by atoms with E-state index in [0.29, 0.717) is 6.61 Å². The summed E-state index contributed by atoms with van der Waals surface area (Å²) in [4.78, 5) is 17.5. The van der Waals surface area contributed by atoms with Gasteiger partial charge in [0.1, 0.15) is 12.4 Å². The Morgan fingerprint density at radius 2 is 1.85 bits per heavy atom. The van der Waals surface area contributed by atoms with E-state index in [9.17, 15) is 4.79 Å². The largest absolute Gasteiger partial charge is 0.492 e. The van der Waals surface area contributed by atoms with Crippen molar-refractivity contribution in [2.75, 3.05) is 32.8 Å². The minimum Gasteiger partial charge on any atom is -0.492 e. The molecule has 2 aromatic carbocycles. The molecule has 1 saturated heterocycles.